The topological polar surface area (TPSA) is 146 Å². The molecule has 0 aliphatic rings. The van der Waals surface area contributed by atoms with Gasteiger partial charge in [0.05, 0.1) is 26.4 Å². The molecule has 2 rings (SSSR count). The normalized spacial score (nSPS) is 11.0. The van der Waals surface area contributed by atoms with E-state index < -0.39 is 15.6 Å². The van der Waals surface area contributed by atoms with Gasteiger partial charge < -0.3 is 19.4 Å². The Morgan fingerprint density at radius 2 is 1.06 bits per heavy atom. The minimum absolute atomic E-state index is 0. The second kappa shape index (κ2) is 19.2. The second-order valence-corrected chi connectivity index (χ2v) is 9.65. The van der Waals surface area contributed by atoms with Crippen LogP contribution in [0.1, 0.15) is 44.2 Å². The zero-order chi connectivity index (χ0) is 25.1. The summed E-state index contributed by atoms with van der Waals surface area (Å²) in [5.41, 5.74) is 1.75. The van der Waals surface area contributed by atoms with E-state index in [-0.39, 0.29) is 40.3 Å². The molecule has 2 aromatic carbocycles. The van der Waals surface area contributed by atoms with Gasteiger partial charge in [-0.3, -0.25) is 18.1 Å². The summed E-state index contributed by atoms with van der Waals surface area (Å²) in [6, 6.07) is 18.8. The summed E-state index contributed by atoms with van der Waals surface area (Å²) in [4.78, 5) is 36.3. The van der Waals surface area contributed by atoms with Crippen LogP contribution in [0.15, 0.2) is 60.7 Å². The Labute approximate surface area is 206 Å². The summed E-state index contributed by atoms with van der Waals surface area (Å²) in [7, 11) is -8.03. The second-order valence-electron chi connectivity index (χ2n) is 6.74. The summed E-state index contributed by atoms with van der Waals surface area (Å²) in [5.74, 6) is 0. The lowest BCUT2D eigenvalue weighted by atomic mass is 10.2. The van der Waals surface area contributed by atoms with Crippen molar-refractivity contribution in [1.82, 2.24) is 0 Å². The highest BCUT2D eigenvalue weighted by Gasteiger charge is 2.26. The predicted molar refractivity (Wildman–Crippen MR) is 131 cm³/mol. The lowest BCUT2D eigenvalue weighted by Gasteiger charge is -2.18. The molecule has 196 valence electrons. The third-order valence-corrected chi connectivity index (χ3v) is 5.81. The van der Waals surface area contributed by atoms with Crippen molar-refractivity contribution in [2.75, 3.05) is 13.2 Å². The highest BCUT2D eigenvalue weighted by molar-refractivity contribution is 7.48. The Hall–Kier alpha value is -2.00. The maximum Gasteiger partial charge on any atom is 0.475 e. The van der Waals surface area contributed by atoms with E-state index in [1.807, 2.05) is 60.7 Å². The number of carbonyl (C=O) groups is 2. The average Bonchev–Trinajstić information content (AvgIpc) is 2.83. The first kappa shape index (κ1) is 33.0. The smallest absolute Gasteiger partial charge is 0.303 e. The fourth-order valence-electron chi connectivity index (χ4n) is 2.26. The van der Waals surface area contributed by atoms with Gasteiger partial charge in [-0.15, -0.1) is 0 Å². The molecule has 2 aromatic rings. The van der Waals surface area contributed by atoms with Gasteiger partial charge in [0.25, 0.3) is 0 Å². The van der Waals surface area contributed by atoms with Crippen molar-refractivity contribution in [2.24, 2.45) is 0 Å². The largest absolute Gasteiger partial charge is 0.475 e. The number of unbranched alkanes of at least 4 members (excludes halogenated alkanes) is 2. The van der Waals surface area contributed by atoms with Gasteiger partial charge in [-0.25, -0.2) is 9.13 Å². The molecular weight excluding hydrogens is 498 g/mol. The van der Waals surface area contributed by atoms with Crippen molar-refractivity contribution >= 4 is 28.2 Å². The molecule has 0 unspecified atom stereocenters. The van der Waals surface area contributed by atoms with Crippen LogP contribution in [0, 0.1) is 0 Å². The van der Waals surface area contributed by atoms with E-state index in [0.29, 0.717) is 25.5 Å². The molecule has 10 nitrogen and oxygen atoms in total. The van der Waals surface area contributed by atoms with E-state index in [4.69, 9.17) is 23.4 Å². The van der Waals surface area contributed by atoms with E-state index >= 15 is 0 Å². The first-order valence-corrected chi connectivity index (χ1v) is 13.5. The Bertz CT molecular complexity index is 856. The van der Waals surface area contributed by atoms with Crippen molar-refractivity contribution in [3.05, 3.63) is 71.8 Å². The number of hydrogen-bond donors (Lipinski definition) is 2. The van der Waals surface area contributed by atoms with Gasteiger partial charge in [0.1, 0.15) is 12.6 Å². The zero-order valence-corrected chi connectivity index (χ0v) is 20.4. The van der Waals surface area contributed by atoms with Crippen LogP contribution < -0.4 is 0 Å². The van der Waals surface area contributed by atoms with Crippen LogP contribution >= 0.6 is 15.6 Å². The lowest BCUT2D eigenvalue weighted by Crippen LogP contribution is -2.03. The van der Waals surface area contributed by atoms with Gasteiger partial charge in [-0.05, 0) is 24.0 Å². The van der Waals surface area contributed by atoms with Crippen molar-refractivity contribution in [3.63, 3.8) is 0 Å². The van der Waals surface area contributed by atoms with Crippen LogP contribution in [0.3, 0.4) is 0 Å². The molecule has 35 heavy (non-hydrogen) atoms. The number of aldehydes is 2. The van der Waals surface area contributed by atoms with Gasteiger partial charge in [-0.1, -0.05) is 68.1 Å². The molecule has 12 heteroatoms. The molecule has 0 fully saturated rings. The molecule has 0 amide bonds. The first-order chi connectivity index (χ1) is 16.3. The molecule has 0 saturated heterocycles. The number of carbonyl (C=O) groups excluding carboxylic acids is 2. The summed E-state index contributed by atoms with van der Waals surface area (Å²) < 4.78 is 43.0. The highest BCUT2D eigenvalue weighted by atomic mass is 31.2. The summed E-state index contributed by atoms with van der Waals surface area (Å²) in [5, 5.41) is 0. The molecule has 0 bridgehead atoms. The van der Waals surface area contributed by atoms with Crippen LogP contribution in [-0.4, -0.2) is 35.6 Å². The molecule has 0 aromatic heterocycles. The average molecular weight is 532 g/mol. The molecule has 0 saturated carbocycles. The van der Waals surface area contributed by atoms with Gasteiger partial charge in [0.2, 0.25) is 0 Å². The highest BCUT2D eigenvalue weighted by Crippen LogP contribution is 2.51. The zero-order valence-electron chi connectivity index (χ0n) is 18.6. The van der Waals surface area contributed by atoms with E-state index in [9.17, 15) is 18.7 Å². The maximum atomic E-state index is 12.8. The number of rotatable bonds is 16. The van der Waals surface area contributed by atoms with E-state index in [2.05, 4.69) is 4.52 Å². The van der Waals surface area contributed by atoms with E-state index in [1.54, 1.807) is 0 Å². The van der Waals surface area contributed by atoms with Crippen LogP contribution in [0.5, 0.6) is 0 Å². The predicted octanol–water partition coefficient (Wildman–Crippen LogP) is 5.23. The Morgan fingerprint density at radius 1 is 0.657 bits per heavy atom. The summed E-state index contributed by atoms with van der Waals surface area (Å²) in [6.07, 6.45) is 2.88. The standard InChI is InChI=1S/C18H21O5P.C4H9O5P.CH4/c19-13-7-8-14-21-24(20,22-15-17-9-3-1-4-10-17)23-16-18-11-5-2-6-12-18;5-3-1-2-4-9-10(6,7)8;/h1-6,9-13H,7-8,14-16H2;3H,1-2,4H2,(H2,6,7,8);1H4. The number of benzene rings is 2. The quantitative estimate of drug-likeness (QED) is 0.167. The van der Waals surface area contributed by atoms with Gasteiger partial charge in [-0.2, -0.15) is 0 Å². The maximum absolute atomic E-state index is 12.8. The van der Waals surface area contributed by atoms with Crippen molar-refractivity contribution in [3.8, 4) is 0 Å². The molecule has 0 spiro atoms. The van der Waals surface area contributed by atoms with Crippen LogP contribution in [0.4, 0.5) is 0 Å². The van der Waals surface area contributed by atoms with Crippen molar-refractivity contribution in [1.29, 1.82) is 0 Å². The molecular formula is C23H34O10P2. The van der Waals surface area contributed by atoms with E-state index in [0.717, 1.165) is 17.4 Å². The lowest BCUT2D eigenvalue weighted by molar-refractivity contribution is -0.108. The summed E-state index contributed by atoms with van der Waals surface area (Å²) in [6.45, 7) is 0.309. The molecule has 2 N–H and O–H groups in total. The van der Waals surface area contributed by atoms with Crippen LogP contribution in [0.2, 0.25) is 0 Å². The van der Waals surface area contributed by atoms with Gasteiger partial charge in [0, 0.05) is 12.8 Å². The molecule has 0 heterocycles. The number of hydrogen-bond acceptors (Lipinski definition) is 8. The Balaban J connectivity index is 0.000000895. The SMILES string of the molecule is C.O=CCCCOP(=O)(O)O.O=CCCCOP(=O)(OCc1ccccc1)OCc1ccccc1. The fraction of sp³-hybridized carbons (Fsp3) is 0.391. The molecule has 0 aliphatic heterocycles. The first-order valence-electron chi connectivity index (χ1n) is 10.5. The van der Waals surface area contributed by atoms with Gasteiger partial charge >= 0.3 is 15.6 Å². The number of phosphoric acid groups is 2. The molecule has 0 aliphatic carbocycles. The minimum Gasteiger partial charge on any atom is -0.303 e. The minimum atomic E-state index is -4.32. The Morgan fingerprint density at radius 3 is 1.43 bits per heavy atom. The van der Waals surface area contributed by atoms with Crippen molar-refractivity contribution in [2.45, 2.75) is 46.3 Å². The van der Waals surface area contributed by atoms with Gasteiger partial charge in [0.15, 0.2) is 0 Å². The molecule has 0 atom stereocenters. The van der Waals surface area contributed by atoms with Crippen LogP contribution in [-0.2, 0) is 50.0 Å². The third-order valence-electron chi connectivity index (χ3n) is 3.91. The monoisotopic (exact) mass is 532 g/mol. The number of phosphoric ester groups is 2. The van der Waals surface area contributed by atoms with Crippen LogP contribution in [0.25, 0.3) is 0 Å². The molecule has 0 radical (unpaired) electrons. The Kier molecular flexibility index (Phi) is 18.1. The fourth-order valence-corrected chi connectivity index (χ4v) is 3.82. The third kappa shape index (κ3) is 18.0. The van der Waals surface area contributed by atoms with E-state index in [1.165, 1.54) is 0 Å². The summed E-state index contributed by atoms with van der Waals surface area (Å²) >= 11 is 0. The van der Waals surface area contributed by atoms with Crippen molar-refractivity contribution < 1.29 is 46.6 Å².